The lowest BCUT2D eigenvalue weighted by Gasteiger charge is -2.19. The van der Waals surface area contributed by atoms with Crippen molar-refractivity contribution in [2.24, 2.45) is 0 Å². The molecule has 25 heavy (non-hydrogen) atoms. The van der Waals surface area contributed by atoms with E-state index in [0.717, 1.165) is 12.1 Å². The zero-order chi connectivity index (χ0) is 18.8. The van der Waals surface area contributed by atoms with Crippen LogP contribution in [0.4, 0.5) is 18.0 Å². The van der Waals surface area contributed by atoms with Crippen LogP contribution in [0.3, 0.4) is 0 Å². The second kappa shape index (κ2) is 7.07. The maximum absolute atomic E-state index is 12.9. The molecule has 2 aromatic carbocycles. The summed E-state index contributed by atoms with van der Waals surface area (Å²) in [6.07, 6.45) is -5.39. The Bertz CT molecular complexity index is 780. The molecular formula is C18H16BrF3O3. The van der Waals surface area contributed by atoms with Crippen molar-refractivity contribution < 1.29 is 27.4 Å². The van der Waals surface area contributed by atoms with Gasteiger partial charge in [-0.3, -0.25) is 0 Å². The lowest BCUT2D eigenvalue weighted by Crippen LogP contribution is -2.26. The van der Waals surface area contributed by atoms with Crippen LogP contribution in [0.5, 0.6) is 5.75 Å². The molecule has 0 spiro atoms. The van der Waals surface area contributed by atoms with Gasteiger partial charge in [-0.2, -0.15) is 13.2 Å². The first-order valence-corrected chi connectivity index (χ1v) is 8.13. The molecule has 0 aliphatic carbocycles. The molecule has 0 bridgehead atoms. The Hall–Kier alpha value is -2.02. The van der Waals surface area contributed by atoms with Crippen LogP contribution in [0.15, 0.2) is 46.9 Å². The van der Waals surface area contributed by atoms with Crippen molar-refractivity contribution in [3.63, 3.8) is 0 Å². The fourth-order valence-corrected chi connectivity index (χ4v) is 2.40. The second-order valence-corrected chi connectivity index (χ2v) is 7.20. The minimum atomic E-state index is -4.46. The summed E-state index contributed by atoms with van der Waals surface area (Å²) in [6, 6.07) is 9.49. The molecule has 0 aliphatic heterocycles. The third-order valence-electron chi connectivity index (χ3n) is 3.03. The summed E-state index contributed by atoms with van der Waals surface area (Å²) >= 11 is 3.27. The van der Waals surface area contributed by atoms with Gasteiger partial charge in [0.15, 0.2) is 0 Å². The van der Waals surface area contributed by atoms with Crippen LogP contribution in [-0.4, -0.2) is 11.8 Å². The van der Waals surface area contributed by atoms with Crippen LogP contribution in [0.2, 0.25) is 0 Å². The van der Waals surface area contributed by atoms with E-state index >= 15 is 0 Å². The van der Waals surface area contributed by atoms with Crippen LogP contribution in [0, 0.1) is 0 Å². The highest BCUT2D eigenvalue weighted by Gasteiger charge is 2.30. The highest BCUT2D eigenvalue weighted by molar-refractivity contribution is 9.10. The largest absolute Gasteiger partial charge is 0.514 e. The van der Waals surface area contributed by atoms with Gasteiger partial charge in [-0.25, -0.2) is 4.79 Å². The smallest absolute Gasteiger partial charge is 0.428 e. The lowest BCUT2D eigenvalue weighted by atomic mass is 10.0. The number of rotatable bonds is 2. The summed E-state index contributed by atoms with van der Waals surface area (Å²) < 4.78 is 49.8. The molecular weight excluding hydrogens is 401 g/mol. The second-order valence-electron chi connectivity index (χ2n) is 6.29. The van der Waals surface area contributed by atoms with Crippen molar-refractivity contribution in [2.75, 3.05) is 0 Å². The number of ether oxygens (including phenoxy) is 2. The van der Waals surface area contributed by atoms with Crippen LogP contribution >= 0.6 is 15.9 Å². The van der Waals surface area contributed by atoms with Crippen molar-refractivity contribution in [1.82, 2.24) is 0 Å². The zero-order valence-electron chi connectivity index (χ0n) is 13.8. The number of hydrogen-bond donors (Lipinski definition) is 0. The quantitative estimate of drug-likeness (QED) is 0.416. The fraction of sp³-hybridized carbons (Fsp3) is 0.278. The van der Waals surface area contributed by atoms with E-state index in [1.807, 2.05) is 0 Å². The van der Waals surface area contributed by atoms with Gasteiger partial charge in [-0.1, -0.05) is 28.1 Å². The third-order valence-corrected chi connectivity index (χ3v) is 3.52. The van der Waals surface area contributed by atoms with E-state index in [1.165, 1.54) is 18.2 Å². The number of carbonyl (C=O) groups is 1. The molecule has 0 unspecified atom stereocenters. The zero-order valence-corrected chi connectivity index (χ0v) is 15.4. The van der Waals surface area contributed by atoms with Gasteiger partial charge in [-0.05, 0) is 56.7 Å². The van der Waals surface area contributed by atoms with Crippen molar-refractivity contribution in [2.45, 2.75) is 32.5 Å². The normalized spacial score (nSPS) is 12.0. The van der Waals surface area contributed by atoms with Crippen LogP contribution < -0.4 is 4.74 Å². The molecule has 134 valence electrons. The summed E-state index contributed by atoms with van der Waals surface area (Å²) in [7, 11) is 0. The number of halogens is 4. The van der Waals surface area contributed by atoms with Crippen molar-refractivity contribution >= 4 is 22.1 Å². The molecule has 3 nitrogen and oxygen atoms in total. The van der Waals surface area contributed by atoms with E-state index in [4.69, 9.17) is 9.47 Å². The van der Waals surface area contributed by atoms with E-state index in [2.05, 4.69) is 15.9 Å². The fourth-order valence-electron chi connectivity index (χ4n) is 2.04. The molecule has 2 rings (SSSR count). The molecule has 0 N–H and O–H groups in total. The monoisotopic (exact) mass is 416 g/mol. The number of hydrogen-bond acceptors (Lipinski definition) is 3. The van der Waals surface area contributed by atoms with E-state index in [0.29, 0.717) is 10.0 Å². The molecule has 2 aromatic rings. The average Bonchev–Trinajstić information content (AvgIpc) is 2.46. The van der Waals surface area contributed by atoms with Crippen LogP contribution in [0.1, 0.15) is 26.3 Å². The lowest BCUT2D eigenvalue weighted by molar-refractivity contribution is -0.137. The van der Waals surface area contributed by atoms with Crippen LogP contribution in [-0.2, 0) is 10.9 Å². The Morgan fingerprint density at radius 3 is 2.32 bits per heavy atom. The van der Waals surface area contributed by atoms with Crippen molar-refractivity contribution in [1.29, 1.82) is 0 Å². The molecule has 7 heteroatoms. The molecule has 0 saturated carbocycles. The summed E-state index contributed by atoms with van der Waals surface area (Å²) in [5.74, 6) is 0.108. The number of carbonyl (C=O) groups excluding carboxylic acids is 1. The SMILES string of the molecule is CC(C)(C)OC(=O)Oc1ccc(Br)cc1-c1cccc(C(F)(F)F)c1. The molecule has 0 fully saturated rings. The highest BCUT2D eigenvalue weighted by Crippen LogP contribution is 2.37. The Labute approximate surface area is 151 Å². The predicted octanol–water partition coefficient (Wildman–Crippen LogP) is 6.45. The van der Waals surface area contributed by atoms with Gasteiger partial charge in [0.2, 0.25) is 0 Å². The predicted molar refractivity (Wildman–Crippen MR) is 91.4 cm³/mol. The van der Waals surface area contributed by atoms with Gasteiger partial charge >= 0.3 is 12.3 Å². The highest BCUT2D eigenvalue weighted by atomic mass is 79.9. The number of alkyl halides is 3. The Morgan fingerprint density at radius 2 is 1.72 bits per heavy atom. The van der Waals surface area contributed by atoms with E-state index < -0.39 is 23.5 Å². The molecule has 0 heterocycles. The third kappa shape index (κ3) is 5.49. The van der Waals surface area contributed by atoms with Gasteiger partial charge in [0, 0.05) is 10.0 Å². The van der Waals surface area contributed by atoms with Gasteiger partial charge in [-0.15, -0.1) is 0 Å². The van der Waals surface area contributed by atoms with E-state index in [9.17, 15) is 18.0 Å². The van der Waals surface area contributed by atoms with Crippen LogP contribution in [0.25, 0.3) is 11.1 Å². The molecule has 0 atom stereocenters. The van der Waals surface area contributed by atoms with E-state index in [1.54, 1.807) is 32.9 Å². The van der Waals surface area contributed by atoms with Gasteiger partial charge in [0.1, 0.15) is 11.4 Å². The Balaban J connectivity index is 2.41. The Kier molecular flexibility index (Phi) is 5.46. The molecule has 0 aliphatic rings. The molecule has 0 radical (unpaired) electrons. The van der Waals surface area contributed by atoms with E-state index in [-0.39, 0.29) is 11.3 Å². The minimum Gasteiger partial charge on any atom is -0.428 e. The molecule has 0 amide bonds. The average molecular weight is 417 g/mol. The maximum atomic E-state index is 12.9. The summed E-state index contributed by atoms with van der Waals surface area (Å²) in [5, 5.41) is 0. The van der Waals surface area contributed by atoms with Gasteiger partial charge in [0.25, 0.3) is 0 Å². The van der Waals surface area contributed by atoms with Gasteiger partial charge < -0.3 is 9.47 Å². The van der Waals surface area contributed by atoms with Crippen molar-refractivity contribution in [3.8, 4) is 16.9 Å². The first-order valence-electron chi connectivity index (χ1n) is 7.34. The minimum absolute atomic E-state index is 0.108. The Morgan fingerprint density at radius 1 is 1.04 bits per heavy atom. The first-order chi connectivity index (χ1) is 11.5. The molecule has 0 saturated heterocycles. The summed E-state index contributed by atoms with van der Waals surface area (Å²) in [4.78, 5) is 11.9. The topological polar surface area (TPSA) is 35.5 Å². The number of benzene rings is 2. The summed E-state index contributed by atoms with van der Waals surface area (Å²) in [6.45, 7) is 5.05. The van der Waals surface area contributed by atoms with Crippen molar-refractivity contribution in [3.05, 3.63) is 52.5 Å². The van der Waals surface area contributed by atoms with Gasteiger partial charge in [0.05, 0.1) is 5.56 Å². The molecule has 0 aromatic heterocycles. The standard InChI is InChI=1S/C18H16BrF3O3/c1-17(2,3)25-16(23)24-15-8-7-13(19)10-14(15)11-5-4-6-12(9-11)18(20,21)22/h4-10H,1-3H3. The first kappa shape index (κ1) is 19.3. The maximum Gasteiger partial charge on any atom is 0.514 e. The summed E-state index contributed by atoms with van der Waals surface area (Å²) in [5.41, 5.74) is -0.919.